The fourth-order valence-corrected chi connectivity index (χ4v) is 2.81. The summed E-state index contributed by atoms with van der Waals surface area (Å²) in [6.07, 6.45) is -1.16. The van der Waals surface area contributed by atoms with Gasteiger partial charge < -0.3 is 10.1 Å². The second-order valence-corrected chi connectivity index (χ2v) is 5.02. The maximum Gasteiger partial charge on any atom is 0.416 e. The van der Waals surface area contributed by atoms with Crippen molar-refractivity contribution in [3.8, 4) is 0 Å². The molecule has 6 heteroatoms. The minimum atomic E-state index is -4.37. The molecule has 1 aliphatic rings. The van der Waals surface area contributed by atoms with E-state index in [2.05, 4.69) is 10.3 Å². The Morgan fingerprint density at radius 1 is 1.50 bits per heavy atom. The molecule has 0 aromatic carbocycles. The number of rotatable bonds is 4. The van der Waals surface area contributed by atoms with E-state index >= 15 is 0 Å². The molecule has 0 bridgehead atoms. The van der Waals surface area contributed by atoms with Crippen LogP contribution in [0.25, 0.3) is 0 Å². The van der Waals surface area contributed by atoms with E-state index in [4.69, 9.17) is 4.74 Å². The summed E-state index contributed by atoms with van der Waals surface area (Å²) in [5.41, 5.74) is -0.401. The van der Waals surface area contributed by atoms with Gasteiger partial charge in [0.1, 0.15) is 0 Å². The second kappa shape index (κ2) is 6.10. The number of halogens is 3. The molecule has 0 amide bonds. The van der Waals surface area contributed by atoms with Gasteiger partial charge in [-0.3, -0.25) is 4.98 Å². The standard InChI is InChI=1S/C14H19F3N2O/c1-3-19-13(10-5-7-20-9(10)2)11-8-18-6-4-12(11)14(15,16)17/h4,6,8-10,13,19H,3,5,7H2,1-2H3. The van der Waals surface area contributed by atoms with Crippen molar-refractivity contribution < 1.29 is 17.9 Å². The lowest BCUT2D eigenvalue weighted by Crippen LogP contribution is -2.33. The largest absolute Gasteiger partial charge is 0.416 e. The lowest BCUT2D eigenvalue weighted by molar-refractivity contribution is -0.138. The molecule has 1 N–H and O–H groups in total. The third-order valence-electron chi connectivity index (χ3n) is 3.78. The fourth-order valence-electron chi connectivity index (χ4n) is 2.81. The molecule has 0 saturated carbocycles. The van der Waals surface area contributed by atoms with Gasteiger partial charge in [0.15, 0.2) is 0 Å². The highest BCUT2D eigenvalue weighted by Gasteiger charge is 2.39. The normalized spacial score (nSPS) is 24.9. The van der Waals surface area contributed by atoms with E-state index in [9.17, 15) is 13.2 Å². The lowest BCUT2D eigenvalue weighted by Gasteiger charge is -2.28. The van der Waals surface area contributed by atoms with E-state index in [-0.39, 0.29) is 23.6 Å². The first-order valence-electron chi connectivity index (χ1n) is 6.81. The summed E-state index contributed by atoms with van der Waals surface area (Å²) < 4.78 is 44.9. The number of nitrogens with zero attached hydrogens (tertiary/aromatic N) is 1. The number of nitrogens with one attached hydrogen (secondary N) is 1. The number of ether oxygens (including phenoxy) is 1. The summed E-state index contributed by atoms with van der Waals surface area (Å²) in [5, 5.41) is 3.16. The molecule has 3 nitrogen and oxygen atoms in total. The predicted octanol–water partition coefficient (Wildman–Crippen LogP) is 3.18. The van der Waals surface area contributed by atoms with Crippen molar-refractivity contribution in [1.29, 1.82) is 0 Å². The Bertz CT molecular complexity index is 450. The molecule has 112 valence electrons. The van der Waals surface area contributed by atoms with Crippen molar-refractivity contribution in [1.82, 2.24) is 10.3 Å². The molecule has 0 spiro atoms. The number of aromatic nitrogens is 1. The lowest BCUT2D eigenvalue weighted by atomic mass is 9.86. The SMILES string of the molecule is CCNC(c1cnccc1C(F)(F)F)C1CCOC1C. The molecule has 0 radical (unpaired) electrons. The number of hydrogen-bond donors (Lipinski definition) is 1. The Morgan fingerprint density at radius 3 is 2.80 bits per heavy atom. The van der Waals surface area contributed by atoms with Crippen LogP contribution in [-0.4, -0.2) is 24.2 Å². The van der Waals surface area contributed by atoms with Gasteiger partial charge in [-0.25, -0.2) is 0 Å². The summed E-state index contributed by atoms with van der Waals surface area (Å²) in [4.78, 5) is 3.88. The smallest absolute Gasteiger partial charge is 0.378 e. The van der Waals surface area contributed by atoms with Crippen LogP contribution in [0.4, 0.5) is 13.2 Å². The molecule has 20 heavy (non-hydrogen) atoms. The first kappa shape index (κ1) is 15.3. The van der Waals surface area contributed by atoms with Crippen LogP contribution in [0.2, 0.25) is 0 Å². The molecular weight excluding hydrogens is 269 g/mol. The zero-order chi connectivity index (χ0) is 14.8. The Labute approximate surface area is 116 Å². The third-order valence-corrected chi connectivity index (χ3v) is 3.78. The number of hydrogen-bond acceptors (Lipinski definition) is 3. The Morgan fingerprint density at radius 2 is 2.25 bits per heavy atom. The van der Waals surface area contributed by atoms with E-state index in [1.165, 1.54) is 12.4 Å². The summed E-state index contributed by atoms with van der Waals surface area (Å²) in [6, 6.07) is 0.656. The zero-order valence-corrected chi connectivity index (χ0v) is 11.6. The van der Waals surface area contributed by atoms with Crippen LogP contribution < -0.4 is 5.32 Å². The zero-order valence-electron chi connectivity index (χ0n) is 11.6. The molecule has 1 aromatic rings. The molecule has 3 unspecified atom stereocenters. The summed E-state index contributed by atoms with van der Waals surface area (Å²) >= 11 is 0. The summed E-state index contributed by atoms with van der Waals surface area (Å²) in [5.74, 6) is 0.0280. The van der Waals surface area contributed by atoms with E-state index in [1.807, 2.05) is 13.8 Å². The second-order valence-electron chi connectivity index (χ2n) is 5.02. The highest BCUT2D eigenvalue weighted by atomic mass is 19.4. The van der Waals surface area contributed by atoms with Crippen molar-refractivity contribution in [2.75, 3.05) is 13.2 Å². The molecule has 2 heterocycles. The predicted molar refractivity (Wildman–Crippen MR) is 69.2 cm³/mol. The minimum absolute atomic E-state index is 0.0280. The number of pyridine rings is 1. The van der Waals surface area contributed by atoms with Gasteiger partial charge in [0, 0.05) is 31.0 Å². The molecule has 2 rings (SSSR count). The molecule has 1 saturated heterocycles. The first-order valence-corrected chi connectivity index (χ1v) is 6.81. The molecule has 3 atom stereocenters. The van der Waals surface area contributed by atoms with Crippen LogP contribution in [-0.2, 0) is 10.9 Å². The molecule has 1 aliphatic heterocycles. The third kappa shape index (κ3) is 3.12. The first-order chi connectivity index (χ1) is 9.45. The maximum absolute atomic E-state index is 13.1. The highest BCUT2D eigenvalue weighted by Crippen LogP contribution is 2.39. The van der Waals surface area contributed by atoms with E-state index in [0.29, 0.717) is 13.2 Å². The highest BCUT2D eigenvalue weighted by molar-refractivity contribution is 5.30. The topological polar surface area (TPSA) is 34.2 Å². The van der Waals surface area contributed by atoms with E-state index in [1.54, 1.807) is 0 Å². The fraction of sp³-hybridized carbons (Fsp3) is 0.643. The summed E-state index contributed by atoms with van der Waals surface area (Å²) in [6.45, 7) is 4.98. The summed E-state index contributed by atoms with van der Waals surface area (Å²) in [7, 11) is 0. The van der Waals surface area contributed by atoms with Crippen molar-refractivity contribution in [3.63, 3.8) is 0 Å². The molecule has 1 fully saturated rings. The average Bonchev–Trinajstić information content (AvgIpc) is 2.81. The van der Waals surface area contributed by atoms with Gasteiger partial charge in [0.2, 0.25) is 0 Å². The van der Waals surface area contributed by atoms with Crippen LogP contribution in [0.15, 0.2) is 18.5 Å². The Balaban J connectivity index is 2.39. The van der Waals surface area contributed by atoms with Gasteiger partial charge >= 0.3 is 6.18 Å². The van der Waals surface area contributed by atoms with Crippen LogP contribution in [0.5, 0.6) is 0 Å². The average molecular weight is 288 g/mol. The van der Waals surface area contributed by atoms with Crippen molar-refractivity contribution >= 4 is 0 Å². The maximum atomic E-state index is 13.1. The quantitative estimate of drug-likeness (QED) is 0.924. The van der Waals surface area contributed by atoms with Gasteiger partial charge in [-0.05, 0) is 31.5 Å². The van der Waals surface area contributed by atoms with Gasteiger partial charge in [0.05, 0.1) is 11.7 Å². The van der Waals surface area contributed by atoms with Crippen LogP contribution in [0.1, 0.15) is 37.4 Å². The van der Waals surface area contributed by atoms with Gasteiger partial charge in [-0.15, -0.1) is 0 Å². The molecule has 1 aromatic heterocycles. The molecular formula is C14H19F3N2O. The Hall–Kier alpha value is -1.14. The van der Waals surface area contributed by atoms with Crippen molar-refractivity contribution in [2.45, 2.75) is 38.6 Å². The monoisotopic (exact) mass is 288 g/mol. The minimum Gasteiger partial charge on any atom is -0.378 e. The Kier molecular flexibility index (Phi) is 4.65. The molecule has 0 aliphatic carbocycles. The van der Waals surface area contributed by atoms with Crippen LogP contribution in [0.3, 0.4) is 0 Å². The van der Waals surface area contributed by atoms with E-state index in [0.717, 1.165) is 12.5 Å². The van der Waals surface area contributed by atoms with Crippen molar-refractivity contribution in [3.05, 3.63) is 29.6 Å². The van der Waals surface area contributed by atoms with Crippen LogP contribution >= 0.6 is 0 Å². The van der Waals surface area contributed by atoms with Crippen molar-refractivity contribution in [2.24, 2.45) is 5.92 Å². The van der Waals surface area contributed by atoms with Gasteiger partial charge in [0.25, 0.3) is 0 Å². The van der Waals surface area contributed by atoms with Gasteiger partial charge in [-0.1, -0.05) is 6.92 Å². The van der Waals surface area contributed by atoms with E-state index < -0.39 is 11.7 Å². The van der Waals surface area contributed by atoms with Crippen LogP contribution in [0, 0.1) is 5.92 Å². The van der Waals surface area contributed by atoms with Gasteiger partial charge in [-0.2, -0.15) is 13.2 Å². The number of alkyl halides is 3.